The lowest BCUT2D eigenvalue weighted by molar-refractivity contribution is 0.475. The fourth-order valence-corrected chi connectivity index (χ4v) is 7.50. The minimum Gasteiger partial charge on any atom is -0.506 e. The van der Waals surface area contributed by atoms with Crippen molar-refractivity contribution in [3.8, 4) is 28.2 Å². The quantitative estimate of drug-likeness (QED) is 0.0912. The van der Waals surface area contributed by atoms with Gasteiger partial charge < -0.3 is 14.4 Å². The van der Waals surface area contributed by atoms with E-state index in [4.69, 9.17) is 4.42 Å². The van der Waals surface area contributed by atoms with E-state index in [-0.39, 0.29) is 10.6 Å². The van der Waals surface area contributed by atoms with Crippen LogP contribution in [0.5, 0.6) is 5.75 Å². The van der Waals surface area contributed by atoms with Gasteiger partial charge in [0.2, 0.25) is 11.0 Å². The molecule has 4 aromatic rings. The van der Waals surface area contributed by atoms with Gasteiger partial charge in [0.25, 0.3) is 10.1 Å². The third-order valence-corrected chi connectivity index (χ3v) is 9.75. The Kier molecular flexibility index (Phi) is 9.14. The summed E-state index contributed by atoms with van der Waals surface area (Å²) in [6.07, 6.45) is 1.76. The first-order valence-electron chi connectivity index (χ1n) is 16.3. The number of phenolic OH excluding ortho intramolecular Hbond substituents is 1. The molecule has 0 unspecified atom stereocenters. The SMILES string of the molecule is CCCN(c1ccc2c(-c3ccccc3S(=O)(=O)O)c3ccc(=[N+](CCC)c4c(C)cccc4C)cc-3oc2c1)c1c(C)cccc1O. The van der Waals surface area contributed by atoms with Gasteiger partial charge in [-0.05, 0) is 63.1 Å². The van der Waals surface area contributed by atoms with E-state index in [9.17, 15) is 18.1 Å². The second kappa shape index (κ2) is 13.3. The summed E-state index contributed by atoms with van der Waals surface area (Å²) in [6, 6.07) is 30.2. The first kappa shape index (κ1) is 33.0. The number of nitrogens with zero attached hydrogens (tertiary/aromatic N) is 2. The molecule has 6 rings (SSSR count). The maximum absolute atomic E-state index is 12.7. The van der Waals surface area contributed by atoms with Gasteiger partial charge in [-0.25, -0.2) is 0 Å². The van der Waals surface area contributed by atoms with Gasteiger partial charge in [-0.3, -0.25) is 4.55 Å². The predicted molar refractivity (Wildman–Crippen MR) is 194 cm³/mol. The number of rotatable bonds is 9. The van der Waals surface area contributed by atoms with Crippen molar-refractivity contribution in [2.45, 2.75) is 52.4 Å². The fourth-order valence-electron chi connectivity index (χ4n) is 6.80. The molecule has 4 aromatic carbocycles. The van der Waals surface area contributed by atoms with Crippen molar-refractivity contribution in [2.75, 3.05) is 18.0 Å². The Bertz CT molecular complexity index is 2270. The van der Waals surface area contributed by atoms with Gasteiger partial charge >= 0.3 is 0 Å². The third kappa shape index (κ3) is 6.09. The Balaban J connectivity index is 1.72. The first-order chi connectivity index (χ1) is 23.0. The minimum absolute atomic E-state index is 0.174. The van der Waals surface area contributed by atoms with Crippen molar-refractivity contribution in [1.29, 1.82) is 0 Å². The van der Waals surface area contributed by atoms with E-state index in [1.165, 1.54) is 17.2 Å². The molecule has 0 bridgehead atoms. The highest BCUT2D eigenvalue weighted by Crippen LogP contribution is 2.44. The molecule has 246 valence electrons. The first-order valence-corrected chi connectivity index (χ1v) is 17.8. The molecule has 0 aromatic heterocycles. The summed E-state index contributed by atoms with van der Waals surface area (Å²) in [5.74, 6) is 0.763. The second-order valence-corrected chi connectivity index (χ2v) is 13.7. The lowest BCUT2D eigenvalue weighted by atomic mass is 9.93. The molecule has 2 N–H and O–H groups in total. The maximum Gasteiger partial charge on any atom is 0.295 e. The van der Waals surface area contributed by atoms with Gasteiger partial charge in [0.05, 0.1) is 11.8 Å². The van der Waals surface area contributed by atoms with Gasteiger partial charge in [0.15, 0.2) is 0 Å². The van der Waals surface area contributed by atoms with E-state index in [0.717, 1.165) is 52.9 Å². The van der Waals surface area contributed by atoms with Crippen LogP contribution in [0.25, 0.3) is 33.4 Å². The molecule has 1 heterocycles. The average molecular weight is 662 g/mol. The topological polar surface area (TPSA) is 94.0 Å². The van der Waals surface area contributed by atoms with Crippen molar-refractivity contribution in [3.63, 3.8) is 0 Å². The Morgan fingerprint density at radius 3 is 2.17 bits per heavy atom. The zero-order chi connectivity index (χ0) is 34.2. The Hall–Kier alpha value is -4.92. The highest BCUT2D eigenvalue weighted by Gasteiger charge is 2.26. The van der Waals surface area contributed by atoms with Crippen molar-refractivity contribution in [3.05, 3.63) is 119 Å². The molecule has 0 atom stereocenters. The Morgan fingerprint density at radius 1 is 0.771 bits per heavy atom. The molecule has 1 aliphatic heterocycles. The number of fused-ring (bicyclic) bond motifs is 2. The van der Waals surface area contributed by atoms with Crippen molar-refractivity contribution in [2.24, 2.45) is 0 Å². The molecule has 1 aliphatic carbocycles. The smallest absolute Gasteiger partial charge is 0.295 e. The van der Waals surface area contributed by atoms with Gasteiger partial charge in [0.1, 0.15) is 28.5 Å². The minimum atomic E-state index is -4.54. The molecule has 2 aliphatic rings. The number of para-hydroxylation sites is 2. The van der Waals surface area contributed by atoms with Crippen LogP contribution in [0, 0.1) is 20.8 Å². The lowest BCUT2D eigenvalue weighted by Crippen LogP contribution is -2.27. The third-order valence-electron chi connectivity index (χ3n) is 8.84. The summed E-state index contributed by atoms with van der Waals surface area (Å²) in [5, 5.41) is 12.6. The number of aromatic hydroxyl groups is 1. The Labute approximate surface area is 282 Å². The van der Waals surface area contributed by atoms with Crippen LogP contribution in [0.3, 0.4) is 0 Å². The van der Waals surface area contributed by atoms with Crippen molar-refractivity contribution in [1.82, 2.24) is 4.58 Å². The number of hydrogen-bond donors (Lipinski definition) is 2. The molecule has 48 heavy (non-hydrogen) atoms. The van der Waals surface area contributed by atoms with Gasteiger partial charge in [0, 0.05) is 64.0 Å². The summed E-state index contributed by atoms with van der Waals surface area (Å²) < 4.78 is 44.7. The summed E-state index contributed by atoms with van der Waals surface area (Å²) in [4.78, 5) is 1.91. The standard InChI is InChI=1S/C40H40N2O5S/c1-6-22-41(39-26(3)12-10-13-27(39)4)29-18-20-31-35(24-29)47-36-25-30(42(23-7-2)40-28(5)14-11-16-34(40)43)19-21-32(36)38(31)33-15-8-9-17-37(33)48(44,45)46/h8-21,24-25H,6-7,22-23H2,1-5H3,(H-,43,44,45,46)/p+1. The summed E-state index contributed by atoms with van der Waals surface area (Å²) in [7, 11) is -4.54. The molecule has 0 spiro atoms. The largest absolute Gasteiger partial charge is 0.506 e. The van der Waals surface area contributed by atoms with Crippen LogP contribution in [0.4, 0.5) is 17.1 Å². The highest BCUT2D eigenvalue weighted by atomic mass is 32.2. The molecule has 8 heteroatoms. The van der Waals surface area contributed by atoms with Crippen LogP contribution in [0.2, 0.25) is 0 Å². The maximum atomic E-state index is 12.7. The number of benzene rings is 5. The molecule has 0 amide bonds. The molecule has 7 nitrogen and oxygen atoms in total. The van der Waals surface area contributed by atoms with E-state index >= 15 is 0 Å². The zero-order valence-corrected chi connectivity index (χ0v) is 28.8. The molecule has 0 saturated carbocycles. The number of phenols is 1. The summed E-state index contributed by atoms with van der Waals surface area (Å²) in [5.41, 5.74) is 8.26. The van der Waals surface area contributed by atoms with E-state index in [2.05, 4.69) is 55.4 Å². The van der Waals surface area contributed by atoms with Crippen LogP contribution in [-0.4, -0.2) is 31.2 Å². The van der Waals surface area contributed by atoms with Crippen molar-refractivity contribution >= 4 is 38.1 Å². The van der Waals surface area contributed by atoms with Crippen LogP contribution in [0.1, 0.15) is 43.4 Å². The van der Waals surface area contributed by atoms with Crippen LogP contribution in [-0.2, 0) is 10.1 Å². The van der Waals surface area contributed by atoms with Gasteiger partial charge in [-0.2, -0.15) is 13.0 Å². The zero-order valence-electron chi connectivity index (χ0n) is 28.0. The second-order valence-electron chi connectivity index (χ2n) is 12.3. The van der Waals surface area contributed by atoms with Crippen LogP contribution < -0.4 is 14.8 Å². The number of hydrogen-bond acceptors (Lipinski definition) is 5. The van der Waals surface area contributed by atoms with Crippen molar-refractivity contribution < 1.29 is 22.5 Å². The Morgan fingerprint density at radius 2 is 1.48 bits per heavy atom. The lowest BCUT2D eigenvalue weighted by Gasteiger charge is -2.27. The molecular formula is C40H41N2O5S+. The van der Waals surface area contributed by atoms with Gasteiger partial charge in [-0.1, -0.05) is 62.4 Å². The van der Waals surface area contributed by atoms with E-state index in [1.54, 1.807) is 24.3 Å². The summed E-state index contributed by atoms with van der Waals surface area (Å²) in [6.45, 7) is 11.9. The fraction of sp³-hybridized carbons (Fsp3) is 0.225. The monoisotopic (exact) mass is 661 g/mol. The predicted octanol–water partition coefficient (Wildman–Crippen LogP) is 9.14. The normalized spacial score (nSPS) is 12.5. The van der Waals surface area contributed by atoms with E-state index < -0.39 is 10.1 Å². The highest BCUT2D eigenvalue weighted by molar-refractivity contribution is 7.86. The number of aryl methyl sites for hydroxylation is 3. The number of anilines is 2. The van der Waals surface area contributed by atoms with Gasteiger partial charge in [-0.15, -0.1) is 0 Å². The summed E-state index contributed by atoms with van der Waals surface area (Å²) >= 11 is 0. The van der Waals surface area contributed by atoms with Crippen LogP contribution >= 0.6 is 0 Å². The average Bonchev–Trinajstić information content (AvgIpc) is 3.05. The molecule has 0 fully saturated rings. The molecule has 0 radical (unpaired) electrons. The molecular weight excluding hydrogens is 621 g/mol. The van der Waals surface area contributed by atoms with E-state index in [1.807, 2.05) is 55.5 Å². The van der Waals surface area contributed by atoms with E-state index in [0.29, 0.717) is 34.4 Å². The molecule has 0 saturated heterocycles. The van der Waals surface area contributed by atoms with Crippen LogP contribution in [0.15, 0.2) is 106 Å².